The van der Waals surface area contributed by atoms with Crippen LogP contribution in [0.5, 0.6) is 11.5 Å². The van der Waals surface area contributed by atoms with E-state index in [0.29, 0.717) is 19.4 Å². The second-order valence-electron chi connectivity index (χ2n) is 6.92. The summed E-state index contributed by atoms with van der Waals surface area (Å²) in [4.78, 5) is 23.4. The molecule has 142 valence electrons. The van der Waals surface area contributed by atoms with Gasteiger partial charge in [0.2, 0.25) is 12.7 Å². The number of aromatic nitrogens is 2. The summed E-state index contributed by atoms with van der Waals surface area (Å²) in [6.45, 7) is 1.64. The van der Waals surface area contributed by atoms with Gasteiger partial charge in [-0.05, 0) is 48.2 Å². The van der Waals surface area contributed by atoms with Crippen molar-refractivity contribution >= 4 is 17.2 Å². The summed E-state index contributed by atoms with van der Waals surface area (Å²) >= 11 is 1.60. The monoisotopic (exact) mass is 393 g/mol. The summed E-state index contributed by atoms with van der Waals surface area (Å²) in [7, 11) is 0. The minimum absolute atomic E-state index is 0.168. The zero-order valence-electron chi connectivity index (χ0n) is 15.3. The molecule has 0 radical (unpaired) electrons. The van der Waals surface area contributed by atoms with Gasteiger partial charge < -0.3 is 14.4 Å². The number of carbonyl (C=O) groups excluding carboxylic acids is 1. The fourth-order valence-corrected chi connectivity index (χ4v) is 4.46. The largest absolute Gasteiger partial charge is 0.454 e. The van der Waals surface area contributed by atoms with E-state index >= 15 is 0 Å². The molecule has 2 aliphatic heterocycles. The first-order valence-corrected chi connectivity index (χ1v) is 10.2. The lowest BCUT2D eigenvalue weighted by Crippen LogP contribution is -2.36. The predicted octanol–water partition coefficient (Wildman–Crippen LogP) is 3.45. The molecule has 0 saturated carbocycles. The molecule has 2 aromatic heterocycles. The highest BCUT2D eigenvalue weighted by Crippen LogP contribution is 2.36. The molecule has 0 atom stereocenters. The van der Waals surface area contributed by atoms with Crippen molar-refractivity contribution in [3.63, 3.8) is 0 Å². The maximum atomic E-state index is 12.7. The third kappa shape index (κ3) is 3.33. The SMILES string of the molecule is O=C(CCc1csc(-c2ccncc2)n1)N1CCc2cc3c(cc2C1)OCO3. The van der Waals surface area contributed by atoms with Crippen molar-refractivity contribution in [2.75, 3.05) is 13.3 Å². The number of amides is 1. The molecule has 0 spiro atoms. The lowest BCUT2D eigenvalue weighted by atomic mass is 9.98. The van der Waals surface area contributed by atoms with Gasteiger partial charge in [-0.2, -0.15) is 0 Å². The molecular formula is C21H19N3O3S. The standard InChI is InChI=1S/C21H19N3O3S/c25-20(2-1-17-12-28-21(23-17)14-3-6-22-7-4-14)24-8-5-15-9-18-19(27-13-26-18)10-16(15)11-24/h3-4,6-7,9-10,12H,1-2,5,8,11,13H2. The van der Waals surface area contributed by atoms with Crippen LogP contribution < -0.4 is 9.47 Å². The van der Waals surface area contributed by atoms with Crippen molar-refractivity contribution in [2.45, 2.75) is 25.8 Å². The van der Waals surface area contributed by atoms with Crippen molar-refractivity contribution in [1.82, 2.24) is 14.9 Å². The Balaban J connectivity index is 1.22. The van der Waals surface area contributed by atoms with E-state index < -0.39 is 0 Å². The van der Waals surface area contributed by atoms with Crippen LogP contribution in [0.15, 0.2) is 42.0 Å². The summed E-state index contributed by atoms with van der Waals surface area (Å²) in [5.41, 5.74) is 4.42. The molecule has 4 heterocycles. The Morgan fingerprint density at radius 1 is 1.14 bits per heavy atom. The van der Waals surface area contributed by atoms with E-state index in [1.54, 1.807) is 23.7 Å². The van der Waals surface area contributed by atoms with Gasteiger partial charge in [-0.25, -0.2) is 4.98 Å². The number of benzene rings is 1. The average Bonchev–Trinajstić information content (AvgIpc) is 3.39. The highest BCUT2D eigenvalue weighted by atomic mass is 32.1. The van der Waals surface area contributed by atoms with Crippen LogP contribution in [0, 0.1) is 0 Å². The highest BCUT2D eigenvalue weighted by Gasteiger charge is 2.24. The molecule has 0 saturated heterocycles. The minimum atomic E-state index is 0.168. The first-order chi connectivity index (χ1) is 13.8. The number of hydrogen-bond donors (Lipinski definition) is 0. The first-order valence-electron chi connectivity index (χ1n) is 9.30. The maximum Gasteiger partial charge on any atom is 0.231 e. The van der Waals surface area contributed by atoms with E-state index in [2.05, 4.69) is 16.0 Å². The number of hydrogen-bond acceptors (Lipinski definition) is 6. The Morgan fingerprint density at radius 3 is 2.75 bits per heavy atom. The Morgan fingerprint density at radius 2 is 1.93 bits per heavy atom. The van der Waals surface area contributed by atoms with Gasteiger partial charge in [0.1, 0.15) is 5.01 Å². The van der Waals surface area contributed by atoms with E-state index in [4.69, 9.17) is 9.47 Å². The second-order valence-corrected chi connectivity index (χ2v) is 7.78. The maximum absolute atomic E-state index is 12.7. The molecule has 2 aliphatic rings. The number of thiazole rings is 1. The summed E-state index contributed by atoms with van der Waals surface area (Å²) < 4.78 is 10.9. The van der Waals surface area contributed by atoms with Crippen molar-refractivity contribution in [3.05, 3.63) is 58.9 Å². The van der Waals surface area contributed by atoms with Crippen LogP contribution >= 0.6 is 11.3 Å². The van der Waals surface area contributed by atoms with Gasteiger partial charge in [0, 0.05) is 42.8 Å². The number of pyridine rings is 1. The van der Waals surface area contributed by atoms with Gasteiger partial charge >= 0.3 is 0 Å². The molecule has 28 heavy (non-hydrogen) atoms. The summed E-state index contributed by atoms with van der Waals surface area (Å²) in [5, 5.41) is 3.00. The fraction of sp³-hybridized carbons (Fsp3) is 0.286. The predicted molar refractivity (Wildman–Crippen MR) is 105 cm³/mol. The molecule has 1 amide bonds. The topological polar surface area (TPSA) is 64.6 Å². The molecule has 0 fully saturated rings. The van der Waals surface area contributed by atoms with Crippen LogP contribution in [0.3, 0.4) is 0 Å². The van der Waals surface area contributed by atoms with Crippen molar-refractivity contribution in [2.24, 2.45) is 0 Å². The number of carbonyl (C=O) groups is 1. The van der Waals surface area contributed by atoms with E-state index in [-0.39, 0.29) is 12.7 Å². The van der Waals surface area contributed by atoms with Crippen molar-refractivity contribution in [3.8, 4) is 22.1 Å². The second kappa shape index (κ2) is 7.24. The van der Waals surface area contributed by atoms with E-state index in [1.807, 2.05) is 28.5 Å². The van der Waals surface area contributed by atoms with Gasteiger partial charge in [0.15, 0.2) is 11.5 Å². The Bertz CT molecular complexity index is 1020. The van der Waals surface area contributed by atoms with Crippen molar-refractivity contribution < 1.29 is 14.3 Å². The third-order valence-electron chi connectivity index (χ3n) is 5.13. The van der Waals surface area contributed by atoms with Crippen LogP contribution in [0.25, 0.3) is 10.6 Å². The highest BCUT2D eigenvalue weighted by molar-refractivity contribution is 7.13. The third-order valence-corrected chi connectivity index (χ3v) is 6.07. The quantitative estimate of drug-likeness (QED) is 0.679. The first kappa shape index (κ1) is 17.2. The zero-order chi connectivity index (χ0) is 18.9. The van der Waals surface area contributed by atoms with Gasteiger partial charge in [-0.1, -0.05) is 0 Å². The molecule has 6 nitrogen and oxygen atoms in total. The normalized spacial score (nSPS) is 14.8. The molecule has 0 aliphatic carbocycles. The van der Waals surface area contributed by atoms with Crippen LogP contribution in [-0.4, -0.2) is 34.1 Å². The number of ether oxygens (including phenoxy) is 2. The molecule has 0 bridgehead atoms. The lowest BCUT2D eigenvalue weighted by Gasteiger charge is -2.29. The van der Waals surface area contributed by atoms with Gasteiger partial charge in [-0.3, -0.25) is 9.78 Å². The average molecular weight is 393 g/mol. The van der Waals surface area contributed by atoms with Crippen molar-refractivity contribution in [1.29, 1.82) is 0 Å². The molecule has 0 N–H and O–H groups in total. The number of fused-ring (bicyclic) bond motifs is 2. The molecular weight excluding hydrogens is 374 g/mol. The summed E-state index contributed by atoms with van der Waals surface area (Å²) in [6, 6.07) is 7.96. The lowest BCUT2D eigenvalue weighted by molar-refractivity contribution is -0.132. The Labute approximate surface area is 166 Å². The van der Waals surface area contributed by atoms with E-state index in [9.17, 15) is 4.79 Å². The molecule has 0 unspecified atom stereocenters. The fourth-order valence-electron chi connectivity index (χ4n) is 3.60. The molecule has 3 aromatic rings. The van der Waals surface area contributed by atoms with E-state index in [0.717, 1.165) is 46.3 Å². The van der Waals surface area contributed by atoms with E-state index in [1.165, 1.54) is 5.56 Å². The van der Waals surface area contributed by atoms with Gasteiger partial charge in [-0.15, -0.1) is 11.3 Å². The van der Waals surface area contributed by atoms with Gasteiger partial charge in [0.05, 0.1) is 5.69 Å². The van der Waals surface area contributed by atoms with Crippen LogP contribution in [0.1, 0.15) is 23.2 Å². The summed E-state index contributed by atoms with van der Waals surface area (Å²) in [5.74, 6) is 1.76. The smallest absolute Gasteiger partial charge is 0.231 e. The molecule has 5 rings (SSSR count). The number of nitrogens with zero attached hydrogens (tertiary/aromatic N) is 3. The van der Waals surface area contributed by atoms with Crippen LogP contribution in [0.2, 0.25) is 0 Å². The minimum Gasteiger partial charge on any atom is -0.454 e. The zero-order valence-corrected chi connectivity index (χ0v) is 16.1. The Kier molecular flexibility index (Phi) is 4.44. The number of aryl methyl sites for hydroxylation is 1. The Hall–Kier alpha value is -2.93. The summed E-state index contributed by atoms with van der Waals surface area (Å²) in [6.07, 6.45) is 5.51. The molecule has 7 heteroatoms. The number of rotatable bonds is 4. The van der Waals surface area contributed by atoms with Gasteiger partial charge in [0.25, 0.3) is 0 Å². The molecule has 1 aromatic carbocycles. The van der Waals surface area contributed by atoms with Crippen LogP contribution in [0.4, 0.5) is 0 Å². The van der Waals surface area contributed by atoms with Crippen LogP contribution in [-0.2, 0) is 24.2 Å².